The first kappa shape index (κ1) is 16.3. The fraction of sp³-hybridized carbons (Fsp3) is 0.357. The summed E-state index contributed by atoms with van der Waals surface area (Å²) in [5.74, 6) is -0.627. The molecule has 0 N–H and O–H groups in total. The van der Waals surface area contributed by atoms with Crippen LogP contribution < -0.4 is 4.90 Å². The zero-order valence-electron chi connectivity index (χ0n) is 12.4. The number of hydrogen-bond donors (Lipinski definition) is 0. The van der Waals surface area contributed by atoms with Crippen LogP contribution in [-0.2, 0) is 11.3 Å². The zero-order valence-corrected chi connectivity index (χ0v) is 13.3. The lowest BCUT2D eigenvalue weighted by Crippen LogP contribution is -2.18. The van der Waals surface area contributed by atoms with Crippen LogP contribution in [-0.4, -0.2) is 24.1 Å². The number of non-ortho nitro benzene ring substituents is 1. The van der Waals surface area contributed by atoms with Crippen LogP contribution in [0, 0.1) is 15.9 Å². The number of nitro benzene ring substituents is 1. The topological polar surface area (TPSA) is 68.5 Å². The van der Waals surface area contributed by atoms with Crippen molar-refractivity contribution in [2.75, 3.05) is 19.1 Å². The Kier molecular flexibility index (Phi) is 5.04. The minimum Gasteiger partial charge on any atom is -0.375 e. The summed E-state index contributed by atoms with van der Waals surface area (Å²) in [6.07, 6.45) is -0.0832. The van der Waals surface area contributed by atoms with Gasteiger partial charge in [-0.05, 0) is 13.0 Å². The van der Waals surface area contributed by atoms with Gasteiger partial charge in [0, 0.05) is 25.6 Å². The van der Waals surface area contributed by atoms with Gasteiger partial charge in [-0.3, -0.25) is 10.1 Å². The average Bonchev–Trinajstić information content (AvgIpc) is 2.94. The Bertz CT molecular complexity index is 677. The predicted octanol–water partition coefficient (Wildman–Crippen LogP) is 3.53. The van der Waals surface area contributed by atoms with Gasteiger partial charge in [0.25, 0.3) is 5.69 Å². The molecule has 0 spiro atoms. The second-order valence-corrected chi connectivity index (χ2v) is 5.69. The highest BCUT2D eigenvalue weighted by Gasteiger charge is 2.15. The van der Waals surface area contributed by atoms with Gasteiger partial charge < -0.3 is 9.64 Å². The van der Waals surface area contributed by atoms with Crippen molar-refractivity contribution in [1.29, 1.82) is 0 Å². The normalized spacial score (nSPS) is 12.2. The molecule has 2 rings (SSSR count). The van der Waals surface area contributed by atoms with E-state index in [0.29, 0.717) is 12.2 Å². The van der Waals surface area contributed by atoms with E-state index in [4.69, 9.17) is 4.74 Å². The lowest BCUT2D eigenvalue weighted by atomic mass is 10.2. The molecule has 0 aliphatic rings. The van der Waals surface area contributed by atoms with Gasteiger partial charge in [0.1, 0.15) is 11.1 Å². The molecule has 8 heteroatoms. The first-order valence-corrected chi connectivity index (χ1v) is 7.42. The van der Waals surface area contributed by atoms with Crippen molar-refractivity contribution < 1.29 is 14.1 Å². The van der Waals surface area contributed by atoms with Crippen LogP contribution in [0.15, 0.2) is 23.6 Å². The molecule has 1 atom stereocenters. The Morgan fingerprint density at radius 3 is 2.86 bits per heavy atom. The lowest BCUT2D eigenvalue weighted by molar-refractivity contribution is -0.385. The molecule has 0 saturated heterocycles. The molecule has 1 heterocycles. The molecule has 0 bridgehead atoms. The fourth-order valence-electron chi connectivity index (χ4n) is 1.93. The smallest absolute Gasteiger partial charge is 0.272 e. The summed E-state index contributed by atoms with van der Waals surface area (Å²) >= 11 is 1.48. The summed E-state index contributed by atoms with van der Waals surface area (Å²) < 4.78 is 19.2. The molecule has 2 aromatic rings. The van der Waals surface area contributed by atoms with Gasteiger partial charge in [-0.25, -0.2) is 9.37 Å². The van der Waals surface area contributed by atoms with Crippen molar-refractivity contribution in [2.45, 2.75) is 19.6 Å². The van der Waals surface area contributed by atoms with Crippen molar-refractivity contribution in [2.24, 2.45) is 0 Å². The van der Waals surface area contributed by atoms with Crippen molar-refractivity contribution in [3.63, 3.8) is 0 Å². The number of aromatic nitrogens is 1. The van der Waals surface area contributed by atoms with Crippen LogP contribution in [0.25, 0.3) is 0 Å². The molecular formula is C14H16FN3O3S. The van der Waals surface area contributed by atoms with E-state index in [2.05, 4.69) is 4.98 Å². The van der Waals surface area contributed by atoms with Crippen LogP contribution in [0.5, 0.6) is 0 Å². The number of nitro groups is 1. The van der Waals surface area contributed by atoms with Crippen molar-refractivity contribution >= 4 is 22.7 Å². The zero-order chi connectivity index (χ0) is 16.3. The monoisotopic (exact) mass is 325 g/mol. The van der Waals surface area contributed by atoms with Crippen LogP contribution in [0.3, 0.4) is 0 Å². The third-order valence-electron chi connectivity index (χ3n) is 3.22. The molecule has 1 unspecified atom stereocenters. The second-order valence-electron chi connectivity index (χ2n) is 4.80. The maximum atomic E-state index is 14.0. The van der Waals surface area contributed by atoms with Gasteiger partial charge in [0.2, 0.25) is 0 Å². The van der Waals surface area contributed by atoms with E-state index in [1.54, 1.807) is 19.1 Å². The predicted molar refractivity (Wildman–Crippen MR) is 82.7 cm³/mol. The Hall–Kier alpha value is -2.06. The molecule has 0 radical (unpaired) electrons. The largest absolute Gasteiger partial charge is 0.375 e. The van der Waals surface area contributed by atoms with E-state index in [0.717, 1.165) is 16.8 Å². The van der Waals surface area contributed by atoms with Crippen LogP contribution in [0.4, 0.5) is 15.8 Å². The Labute approximate surface area is 131 Å². The molecule has 0 amide bonds. The maximum absolute atomic E-state index is 14.0. The summed E-state index contributed by atoms with van der Waals surface area (Å²) in [5, 5.41) is 13.4. The molecule has 22 heavy (non-hydrogen) atoms. The molecule has 0 aliphatic heterocycles. The minimum absolute atomic E-state index is 0.0832. The Morgan fingerprint density at radius 1 is 1.55 bits per heavy atom. The molecule has 118 valence electrons. The van der Waals surface area contributed by atoms with E-state index in [1.165, 1.54) is 23.5 Å². The molecule has 1 aromatic heterocycles. The van der Waals surface area contributed by atoms with Gasteiger partial charge in [-0.15, -0.1) is 11.3 Å². The highest BCUT2D eigenvalue weighted by atomic mass is 32.1. The van der Waals surface area contributed by atoms with Gasteiger partial charge in [-0.2, -0.15) is 0 Å². The Morgan fingerprint density at radius 2 is 2.27 bits per heavy atom. The lowest BCUT2D eigenvalue weighted by Gasteiger charge is -2.18. The molecule has 6 nitrogen and oxygen atoms in total. The molecule has 0 aliphatic carbocycles. The van der Waals surface area contributed by atoms with Gasteiger partial charge in [0.15, 0.2) is 5.82 Å². The van der Waals surface area contributed by atoms with Crippen LogP contribution >= 0.6 is 11.3 Å². The number of hydrogen-bond acceptors (Lipinski definition) is 6. The molecular weight excluding hydrogens is 309 g/mol. The van der Waals surface area contributed by atoms with E-state index < -0.39 is 10.7 Å². The molecule has 1 aromatic carbocycles. The van der Waals surface area contributed by atoms with Crippen LogP contribution in [0.2, 0.25) is 0 Å². The molecule has 0 saturated carbocycles. The summed E-state index contributed by atoms with van der Waals surface area (Å²) in [7, 11) is 3.33. The second kappa shape index (κ2) is 6.80. The quantitative estimate of drug-likeness (QED) is 0.600. The minimum atomic E-state index is -0.627. The van der Waals surface area contributed by atoms with E-state index in [1.807, 2.05) is 12.3 Å². The van der Waals surface area contributed by atoms with Crippen LogP contribution in [0.1, 0.15) is 23.7 Å². The highest BCUT2D eigenvalue weighted by molar-refractivity contribution is 7.09. The number of ether oxygens (including phenoxy) is 1. The van der Waals surface area contributed by atoms with Gasteiger partial charge in [0.05, 0.1) is 28.9 Å². The van der Waals surface area contributed by atoms with Crippen molar-refractivity contribution in [3.8, 4) is 0 Å². The number of rotatable bonds is 6. The highest BCUT2D eigenvalue weighted by Crippen LogP contribution is 2.26. The molecule has 0 fully saturated rings. The number of thiazole rings is 1. The maximum Gasteiger partial charge on any atom is 0.272 e. The average molecular weight is 325 g/mol. The SMILES string of the molecule is COC(C)c1nc(CN(C)c2ccc([N+](=O)[O-])cc2F)cs1. The summed E-state index contributed by atoms with van der Waals surface area (Å²) in [4.78, 5) is 16.1. The fourth-order valence-corrected chi connectivity index (χ4v) is 2.77. The number of benzene rings is 1. The van der Waals surface area contributed by atoms with Gasteiger partial charge >= 0.3 is 0 Å². The number of anilines is 1. The first-order chi connectivity index (χ1) is 10.4. The first-order valence-electron chi connectivity index (χ1n) is 6.54. The Balaban J connectivity index is 2.13. The van der Waals surface area contributed by atoms with E-state index in [9.17, 15) is 14.5 Å². The number of nitrogens with zero attached hydrogens (tertiary/aromatic N) is 3. The van der Waals surface area contributed by atoms with Gasteiger partial charge in [-0.1, -0.05) is 0 Å². The summed E-state index contributed by atoms with van der Waals surface area (Å²) in [5.41, 5.74) is 0.823. The standard InChI is InChI=1S/C14H16FN3O3S/c1-9(21-3)14-16-10(8-22-14)7-17(2)13-5-4-11(18(19)20)6-12(13)15/h4-6,8-9H,7H2,1-3H3. The third-order valence-corrected chi connectivity index (χ3v) is 4.28. The summed E-state index contributed by atoms with van der Waals surface area (Å²) in [6.45, 7) is 2.31. The number of halogens is 1. The van der Waals surface area contributed by atoms with Crippen molar-refractivity contribution in [1.82, 2.24) is 4.98 Å². The van der Waals surface area contributed by atoms with E-state index in [-0.39, 0.29) is 11.8 Å². The van der Waals surface area contributed by atoms with E-state index >= 15 is 0 Å². The number of methoxy groups -OCH3 is 1. The van der Waals surface area contributed by atoms with Crippen molar-refractivity contribution in [3.05, 3.63) is 50.2 Å². The summed E-state index contributed by atoms with van der Waals surface area (Å²) in [6, 6.07) is 3.61. The third kappa shape index (κ3) is 3.58.